The number of carbonyl (C=O) groups excluding carboxylic acids is 2. The van der Waals surface area contributed by atoms with Gasteiger partial charge >= 0.3 is 17.6 Å². The summed E-state index contributed by atoms with van der Waals surface area (Å²) in [6, 6.07) is 4.74. The van der Waals surface area contributed by atoms with E-state index in [1.54, 1.807) is 32.9 Å². The van der Waals surface area contributed by atoms with Crippen molar-refractivity contribution in [3.63, 3.8) is 0 Å². The number of esters is 2. The van der Waals surface area contributed by atoms with Crippen LogP contribution in [0.4, 0.5) is 0 Å². The number of fused-ring (bicyclic) bond motifs is 1. The van der Waals surface area contributed by atoms with E-state index in [-0.39, 0.29) is 25.1 Å². The van der Waals surface area contributed by atoms with Gasteiger partial charge < -0.3 is 18.6 Å². The number of hydrogen-bond acceptors (Lipinski definition) is 7. The minimum atomic E-state index is -0.541. The first-order chi connectivity index (χ1) is 12.3. The molecule has 0 radical (unpaired) electrons. The van der Waals surface area contributed by atoms with Gasteiger partial charge in [-0.2, -0.15) is 0 Å². The molecule has 0 bridgehead atoms. The number of aryl methyl sites for hydroxylation is 2. The second-order valence-electron chi connectivity index (χ2n) is 6.11. The Morgan fingerprint density at radius 3 is 2.54 bits per heavy atom. The summed E-state index contributed by atoms with van der Waals surface area (Å²) in [6.07, 6.45) is 0.329. The first kappa shape index (κ1) is 19.5. The maximum absolute atomic E-state index is 11.8. The predicted octanol–water partition coefficient (Wildman–Crippen LogP) is 2.54. The molecule has 0 saturated heterocycles. The van der Waals surface area contributed by atoms with Crippen LogP contribution in [0.15, 0.2) is 27.4 Å². The molecule has 1 aromatic carbocycles. The molecule has 0 aliphatic rings. The molecule has 2 aromatic rings. The number of methoxy groups -OCH3 is 1. The van der Waals surface area contributed by atoms with E-state index in [1.165, 1.54) is 13.2 Å². The molecule has 0 fully saturated rings. The molecule has 0 unspecified atom stereocenters. The lowest BCUT2D eigenvalue weighted by molar-refractivity contribution is -0.147. The third-order valence-electron chi connectivity index (χ3n) is 3.67. The molecule has 0 N–H and O–H groups in total. The van der Waals surface area contributed by atoms with Crippen molar-refractivity contribution in [3.8, 4) is 5.75 Å². The van der Waals surface area contributed by atoms with Crippen molar-refractivity contribution in [1.29, 1.82) is 0 Å². The zero-order valence-corrected chi connectivity index (χ0v) is 15.3. The highest BCUT2D eigenvalue weighted by molar-refractivity contribution is 5.83. The number of carbonyl (C=O) groups is 2. The largest absolute Gasteiger partial charge is 0.481 e. The molecule has 1 aromatic heterocycles. The van der Waals surface area contributed by atoms with Gasteiger partial charge in [-0.1, -0.05) is 0 Å². The highest BCUT2D eigenvalue weighted by Crippen LogP contribution is 2.28. The van der Waals surface area contributed by atoms with Crippen molar-refractivity contribution >= 4 is 22.9 Å². The molecule has 7 heteroatoms. The fraction of sp³-hybridized carbons (Fsp3) is 0.421. The zero-order valence-electron chi connectivity index (χ0n) is 15.3. The summed E-state index contributed by atoms with van der Waals surface area (Å²) in [4.78, 5) is 34.8. The molecule has 0 aliphatic carbocycles. The quantitative estimate of drug-likeness (QED) is 0.552. The van der Waals surface area contributed by atoms with Gasteiger partial charge in [0, 0.05) is 23.9 Å². The molecule has 0 spiro atoms. The number of ether oxygens (including phenoxy) is 3. The van der Waals surface area contributed by atoms with Crippen LogP contribution >= 0.6 is 0 Å². The molecular weight excluding hydrogens is 340 g/mol. The number of hydrogen-bond donors (Lipinski definition) is 0. The lowest BCUT2D eigenvalue weighted by Crippen LogP contribution is -2.15. The van der Waals surface area contributed by atoms with Gasteiger partial charge in [0.1, 0.15) is 11.3 Å². The smallest absolute Gasteiger partial charge is 0.343 e. The van der Waals surface area contributed by atoms with Crippen molar-refractivity contribution < 1.29 is 28.2 Å². The first-order valence-electron chi connectivity index (χ1n) is 8.26. The average molecular weight is 362 g/mol. The summed E-state index contributed by atoms with van der Waals surface area (Å²) in [7, 11) is 1.26. The predicted molar refractivity (Wildman–Crippen MR) is 94.3 cm³/mol. The monoisotopic (exact) mass is 362 g/mol. The standard InChI is InChI=1S/C19H22O7/c1-11(2)25-17(20)6-5-13-8-14-12(3)7-18(21)26-16(14)9-15(13)24-10-19(22)23-4/h7-9,11H,5-6,10H2,1-4H3. The van der Waals surface area contributed by atoms with Crippen molar-refractivity contribution in [1.82, 2.24) is 0 Å². The van der Waals surface area contributed by atoms with Crippen LogP contribution in [0.25, 0.3) is 11.0 Å². The minimum absolute atomic E-state index is 0.161. The number of benzene rings is 1. The van der Waals surface area contributed by atoms with Gasteiger partial charge in [-0.3, -0.25) is 4.79 Å². The lowest BCUT2D eigenvalue weighted by atomic mass is 10.0. The molecule has 140 valence electrons. The highest BCUT2D eigenvalue weighted by atomic mass is 16.6. The van der Waals surface area contributed by atoms with Gasteiger partial charge in [0.2, 0.25) is 0 Å². The van der Waals surface area contributed by atoms with E-state index < -0.39 is 11.6 Å². The van der Waals surface area contributed by atoms with Gasteiger partial charge in [0.25, 0.3) is 0 Å². The molecule has 0 atom stereocenters. The Balaban J connectivity index is 2.35. The molecule has 0 saturated carbocycles. The van der Waals surface area contributed by atoms with Crippen LogP contribution < -0.4 is 10.4 Å². The maximum atomic E-state index is 11.8. The van der Waals surface area contributed by atoms with Gasteiger partial charge in [-0.15, -0.1) is 0 Å². The van der Waals surface area contributed by atoms with E-state index in [4.69, 9.17) is 13.9 Å². The molecule has 1 heterocycles. The zero-order chi connectivity index (χ0) is 19.3. The third kappa shape index (κ3) is 5.08. The second kappa shape index (κ2) is 8.51. The molecule has 26 heavy (non-hydrogen) atoms. The molecule has 0 amide bonds. The normalized spacial score (nSPS) is 10.8. The summed E-state index contributed by atoms with van der Waals surface area (Å²) >= 11 is 0. The van der Waals surface area contributed by atoms with E-state index in [9.17, 15) is 14.4 Å². The second-order valence-corrected chi connectivity index (χ2v) is 6.11. The summed E-state index contributed by atoms with van der Waals surface area (Å²) < 4.78 is 20.4. The van der Waals surface area contributed by atoms with Gasteiger partial charge in [0.15, 0.2) is 6.61 Å². The Hall–Kier alpha value is -2.83. The van der Waals surface area contributed by atoms with E-state index in [0.717, 1.165) is 10.9 Å². The average Bonchev–Trinajstić information content (AvgIpc) is 2.56. The fourth-order valence-electron chi connectivity index (χ4n) is 2.47. The van der Waals surface area contributed by atoms with Gasteiger partial charge in [-0.25, -0.2) is 9.59 Å². The van der Waals surface area contributed by atoms with Crippen molar-refractivity contribution in [3.05, 3.63) is 39.7 Å². The van der Waals surface area contributed by atoms with Crippen LogP contribution in [0.5, 0.6) is 5.75 Å². The topological polar surface area (TPSA) is 92.0 Å². The Bertz CT molecular complexity index is 864. The Labute approximate surface area is 150 Å². The van der Waals surface area contributed by atoms with Crippen molar-refractivity contribution in [2.45, 2.75) is 39.7 Å². The summed E-state index contributed by atoms with van der Waals surface area (Å²) in [5.74, 6) is -0.509. The van der Waals surface area contributed by atoms with E-state index in [0.29, 0.717) is 23.3 Å². The van der Waals surface area contributed by atoms with E-state index >= 15 is 0 Å². The SMILES string of the molecule is COC(=O)COc1cc2oc(=O)cc(C)c2cc1CCC(=O)OC(C)C. The van der Waals surface area contributed by atoms with Crippen LogP contribution in [0.3, 0.4) is 0 Å². The summed E-state index contributed by atoms with van der Waals surface area (Å²) in [5.41, 5.74) is 1.34. The van der Waals surface area contributed by atoms with Crippen molar-refractivity contribution in [2.75, 3.05) is 13.7 Å². The van der Waals surface area contributed by atoms with Crippen LogP contribution in [0.2, 0.25) is 0 Å². The van der Waals surface area contributed by atoms with E-state index in [1.807, 2.05) is 0 Å². The van der Waals surface area contributed by atoms with Crippen LogP contribution in [-0.2, 0) is 25.5 Å². The van der Waals surface area contributed by atoms with Crippen LogP contribution in [0, 0.1) is 6.92 Å². The summed E-state index contributed by atoms with van der Waals surface area (Å²) in [5, 5.41) is 0.738. The Kier molecular flexibility index (Phi) is 6.38. The highest BCUT2D eigenvalue weighted by Gasteiger charge is 2.14. The third-order valence-corrected chi connectivity index (χ3v) is 3.67. The molecular formula is C19H22O7. The van der Waals surface area contributed by atoms with E-state index in [2.05, 4.69) is 4.74 Å². The number of rotatable bonds is 7. The van der Waals surface area contributed by atoms with Crippen molar-refractivity contribution in [2.24, 2.45) is 0 Å². The minimum Gasteiger partial charge on any atom is -0.481 e. The fourth-order valence-corrected chi connectivity index (χ4v) is 2.47. The van der Waals surface area contributed by atoms with Gasteiger partial charge in [0.05, 0.1) is 13.2 Å². The maximum Gasteiger partial charge on any atom is 0.343 e. The Morgan fingerprint density at radius 2 is 1.88 bits per heavy atom. The first-order valence-corrected chi connectivity index (χ1v) is 8.26. The van der Waals surface area contributed by atoms with Crippen LogP contribution in [-0.4, -0.2) is 31.8 Å². The Morgan fingerprint density at radius 1 is 1.15 bits per heavy atom. The molecule has 2 rings (SSSR count). The lowest BCUT2D eigenvalue weighted by Gasteiger charge is -2.13. The molecule has 0 aliphatic heterocycles. The summed E-state index contributed by atoms with van der Waals surface area (Å²) in [6.45, 7) is 5.07. The van der Waals surface area contributed by atoms with Crippen LogP contribution in [0.1, 0.15) is 31.4 Å². The van der Waals surface area contributed by atoms with Gasteiger partial charge in [-0.05, 0) is 44.4 Å². The molecule has 7 nitrogen and oxygen atoms in total.